The van der Waals surface area contributed by atoms with Crippen molar-refractivity contribution >= 4 is 40.2 Å². The highest BCUT2D eigenvalue weighted by Crippen LogP contribution is 2.26. The molecule has 0 bridgehead atoms. The van der Waals surface area contributed by atoms with Gasteiger partial charge in [-0.15, -0.1) is 11.6 Å². The molecule has 0 aromatic carbocycles. The molecule has 1 heterocycles. The van der Waals surface area contributed by atoms with Gasteiger partial charge in [-0.1, -0.05) is 0 Å². The van der Waals surface area contributed by atoms with Crippen LogP contribution < -0.4 is 0 Å². The summed E-state index contributed by atoms with van der Waals surface area (Å²) in [7, 11) is 0. The van der Waals surface area contributed by atoms with Gasteiger partial charge in [-0.05, 0) is 34.2 Å². The molecular weight excluding hydrogens is 354 g/mol. The fourth-order valence-electron chi connectivity index (χ4n) is 1.17. The van der Waals surface area contributed by atoms with Gasteiger partial charge in [0.2, 0.25) is 0 Å². The van der Waals surface area contributed by atoms with E-state index in [0.29, 0.717) is 5.69 Å². The summed E-state index contributed by atoms with van der Waals surface area (Å²) in [6, 6.07) is 1.16. The predicted molar refractivity (Wildman–Crippen MR) is 62.8 cm³/mol. The van der Waals surface area contributed by atoms with Crippen LogP contribution in [0.3, 0.4) is 0 Å². The molecule has 1 aromatic heterocycles. The smallest absolute Gasteiger partial charge is 0.307 e. The molecule has 7 heteroatoms. The van der Waals surface area contributed by atoms with Gasteiger partial charge in [0, 0.05) is 5.56 Å². The molecule has 3 nitrogen and oxygen atoms in total. The van der Waals surface area contributed by atoms with Crippen LogP contribution in [0.2, 0.25) is 0 Å². The van der Waals surface area contributed by atoms with Crippen LogP contribution in [-0.2, 0) is 17.1 Å². The van der Waals surface area contributed by atoms with E-state index in [1.807, 2.05) is 0 Å². The highest BCUT2D eigenvalue weighted by Gasteiger charge is 2.17. The Balaban J connectivity index is 3.22. The van der Waals surface area contributed by atoms with E-state index in [0.717, 1.165) is 6.07 Å². The van der Waals surface area contributed by atoms with E-state index < -0.39 is 12.4 Å². The molecule has 0 amide bonds. The number of aromatic nitrogens is 1. The zero-order valence-electron chi connectivity index (χ0n) is 7.88. The Morgan fingerprint density at radius 1 is 1.62 bits per heavy atom. The van der Waals surface area contributed by atoms with Gasteiger partial charge in [-0.25, -0.2) is 13.8 Å². The van der Waals surface area contributed by atoms with Gasteiger partial charge in [-0.2, -0.15) is 0 Å². The molecule has 1 aromatic rings. The monoisotopic (exact) mass is 361 g/mol. The van der Waals surface area contributed by atoms with E-state index in [2.05, 4.69) is 4.98 Å². The zero-order chi connectivity index (χ0) is 12.3. The number of hydrogen-bond donors (Lipinski definition) is 1. The molecule has 0 fully saturated rings. The lowest BCUT2D eigenvalue weighted by Gasteiger charge is -2.09. The molecule has 0 aliphatic heterocycles. The van der Waals surface area contributed by atoms with Gasteiger partial charge >= 0.3 is 5.97 Å². The van der Waals surface area contributed by atoms with E-state index in [-0.39, 0.29) is 27.1 Å². The van der Waals surface area contributed by atoms with Gasteiger partial charge in [0.15, 0.2) is 0 Å². The van der Waals surface area contributed by atoms with Crippen molar-refractivity contribution < 1.29 is 18.7 Å². The topological polar surface area (TPSA) is 50.2 Å². The highest BCUT2D eigenvalue weighted by atomic mass is 127. The van der Waals surface area contributed by atoms with Crippen LogP contribution in [-0.4, -0.2) is 16.1 Å². The molecule has 16 heavy (non-hydrogen) atoms. The first-order valence-corrected chi connectivity index (χ1v) is 5.81. The molecule has 0 aliphatic carbocycles. The molecule has 0 radical (unpaired) electrons. The summed E-state index contributed by atoms with van der Waals surface area (Å²) in [5.41, 5.74) is 0.307. The lowest BCUT2D eigenvalue weighted by atomic mass is 10.1. The number of carbonyl (C=O) groups is 1. The fourth-order valence-corrected chi connectivity index (χ4v) is 2.08. The van der Waals surface area contributed by atoms with E-state index in [1.165, 1.54) is 0 Å². The van der Waals surface area contributed by atoms with Crippen molar-refractivity contribution in [2.24, 2.45) is 0 Å². The number of hydrogen-bond acceptors (Lipinski definition) is 2. The van der Waals surface area contributed by atoms with Crippen LogP contribution in [0, 0.1) is 3.70 Å². The van der Waals surface area contributed by atoms with Crippen LogP contribution in [0.1, 0.15) is 23.2 Å². The minimum Gasteiger partial charge on any atom is -0.481 e. The van der Waals surface area contributed by atoms with Crippen LogP contribution in [0.15, 0.2) is 6.07 Å². The Hall–Kier alpha value is -0.500. The van der Waals surface area contributed by atoms with Crippen molar-refractivity contribution in [2.45, 2.75) is 18.7 Å². The quantitative estimate of drug-likeness (QED) is 0.510. The molecule has 88 valence electrons. The van der Waals surface area contributed by atoms with E-state index in [1.54, 1.807) is 22.6 Å². The Labute approximate surface area is 109 Å². The van der Waals surface area contributed by atoms with Crippen LogP contribution in [0.5, 0.6) is 0 Å². The van der Waals surface area contributed by atoms with Gasteiger partial charge in [0.1, 0.15) is 3.70 Å². The van der Waals surface area contributed by atoms with Gasteiger partial charge in [0.25, 0.3) is 6.43 Å². The summed E-state index contributed by atoms with van der Waals surface area (Å²) in [4.78, 5) is 14.4. The number of alkyl halides is 3. The Bertz CT molecular complexity index is 415. The number of nitrogens with zero attached hydrogens (tertiary/aromatic N) is 1. The Kier molecular flexibility index (Phi) is 4.85. The van der Waals surface area contributed by atoms with Crippen LogP contribution in [0.25, 0.3) is 0 Å². The molecule has 0 saturated heterocycles. The normalized spacial score (nSPS) is 10.8. The zero-order valence-corrected chi connectivity index (χ0v) is 10.8. The number of aliphatic carboxylic acids is 1. The minimum absolute atomic E-state index is 0.00212. The van der Waals surface area contributed by atoms with Crippen LogP contribution >= 0.6 is 34.2 Å². The van der Waals surface area contributed by atoms with E-state index >= 15 is 0 Å². The third kappa shape index (κ3) is 3.24. The van der Waals surface area contributed by atoms with Crippen molar-refractivity contribution in [3.8, 4) is 0 Å². The largest absolute Gasteiger partial charge is 0.481 e. The Morgan fingerprint density at radius 2 is 2.25 bits per heavy atom. The number of rotatable bonds is 4. The standard InChI is InChI=1S/C9H7ClF2INO2/c10-3-6-4(2-7(15)16)1-5(8(11)12)9(13)14-6/h1,8H,2-3H2,(H,15,16). The molecule has 0 unspecified atom stereocenters. The van der Waals surface area contributed by atoms with Crippen molar-refractivity contribution in [1.82, 2.24) is 4.98 Å². The van der Waals surface area contributed by atoms with Crippen molar-refractivity contribution in [2.75, 3.05) is 0 Å². The maximum Gasteiger partial charge on any atom is 0.307 e. The summed E-state index contributed by atoms with van der Waals surface area (Å²) < 4.78 is 25.3. The summed E-state index contributed by atoms with van der Waals surface area (Å²) in [5, 5.41) is 8.63. The second kappa shape index (κ2) is 5.72. The first-order chi connectivity index (χ1) is 7.45. The maximum absolute atomic E-state index is 12.6. The summed E-state index contributed by atoms with van der Waals surface area (Å²) in [6.45, 7) is 0. The number of halogens is 4. The molecule has 0 aliphatic rings. The number of pyridine rings is 1. The Morgan fingerprint density at radius 3 is 2.69 bits per heavy atom. The van der Waals surface area contributed by atoms with Crippen molar-refractivity contribution in [1.29, 1.82) is 0 Å². The number of carboxylic acid groups (broad SMARTS) is 1. The van der Waals surface area contributed by atoms with Crippen LogP contribution in [0.4, 0.5) is 8.78 Å². The average Bonchev–Trinajstić information content (AvgIpc) is 2.18. The molecular formula is C9H7ClF2INO2. The third-order valence-electron chi connectivity index (χ3n) is 1.88. The highest BCUT2D eigenvalue weighted by molar-refractivity contribution is 14.1. The molecule has 0 spiro atoms. The predicted octanol–water partition coefficient (Wildman–Crippen LogP) is 2.99. The summed E-state index contributed by atoms with van der Waals surface area (Å²) >= 11 is 7.25. The SMILES string of the molecule is O=C(O)Cc1cc(C(F)F)c(I)nc1CCl. The van der Waals surface area contributed by atoms with E-state index in [4.69, 9.17) is 16.7 Å². The molecule has 0 saturated carbocycles. The van der Waals surface area contributed by atoms with Gasteiger partial charge in [-0.3, -0.25) is 4.79 Å². The van der Waals surface area contributed by atoms with Crippen molar-refractivity contribution in [3.63, 3.8) is 0 Å². The first-order valence-electron chi connectivity index (χ1n) is 4.19. The molecule has 1 N–H and O–H groups in total. The lowest BCUT2D eigenvalue weighted by molar-refractivity contribution is -0.136. The molecule has 1 rings (SSSR count). The van der Waals surface area contributed by atoms with E-state index in [9.17, 15) is 13.6 Å². The second-order valence-corrected chi connectivity index (χ2v) is 4.27. The molecule has 0 atom stereocenters. The van der Waals surface area contributed by atoms with Crippen molar-refractivity contribution in [3.05, 3.63) is 26.6 Å². The fraction of sp³-hybridized carbons (Fsp3) is 0.333. The summed E-state index contributed by atoms with van der Waals surface area (Å²) in [6.07, 6.45) is -3.03. The first kappa shape index (κ1) is 13.6. The minimum atomic E-state index is -2.67. The average molecular weight is 362 g/mol. The number of carboxylic acids is 1. The van der Waals surface area contributed by atoms with Gasteiger partial charge < -0.3 is 5.11 Å². The summed E-state index contributed by atoms with van der Waals surface area (Å²) in [5.74, 6) is -1.10. The lowest BCUT2D eigenvalue weighted by Crippen LogP contribution is -2.08. The third-order valence-corrected chi connectivity index (χ3v) is 2.99. The van der Waals surface area contributed by atoms with Gasteiger partial charge in [0.05, 0.1) is 18.0 Å². The second-order valence-electron chi connectivity index (χ2n) is 2.98. The maximum atomic E-state index is 12.6.